The van der Waals surface area contributed by atoms with Crippen LogP contribution in [-0.4, -0.2) is 173 Å². The number of carbonyl (C=O) groups excluding carboxylic acids is 7. The summed E-state index contributed by atoms with van der Waals surface area (Å²) in [6.07, 6.45) is -12.0. The van der Waals surface area contributed by atoms with E-state index in [0.717, 1.165) is 0 Å². The summed E-state index contributed by atoms with van der Waals surface area (Å²) in [5.74, 6) is -5.84. The maximum atomic E-state index is 13.6. The molecule has 2 fully saturated rings. The summed E-state index contributed by atoms with van der Waals surface area (Å²) in [5.41, 5.74) is -1.57. The second kappa shape index (κ2) is 27.2. The first-order chi connectivity index (χ1) is 30.5. The third kappa shape index (κ3) is 16.9. The summed E-state index contributed by atoms with van der Waals surface area (Å²) in [5, 5.41) is 11.6. The van der Waals surface area contributed by atoms with Gasteiger partial charge in [-0.3, -0.25) is 28.8 Å². The lowest BCUT2D eigenvalue weighted by Crippen LogP contribution is -2.68. The molecule has 2 aliphatic rings. The largest absolute Gasteiger partial charge is 0.462 e. The van der Waals surface area contributed by atoms with Crippen LogP contribution in [0.1, 0.15) is 107 Å². The van der Waals surface area contributed by atoms with E-state index in [1.165, 1.54) is 49.0 Å². The lowest BCUT2D eigenvalue weighted by atomic mass is 9.70. The van der Waals surface area contributed by atoms with E-state index in [9.17, 15) is 38.7 Å². The molecule has 0 spiro atoms. The molecule has 0 aliphatic carbocycles. The average Bonchev–Trinajstić information content (AvgIpc) is 3.22. The number of likely N-dealkylation sites (N-methyl/N-ethyl adjacent to an activating group) is 1. The molecule has 0 radical (unpaired) electrons. The predicted octanol–water partition coefficient (Wildman–Crippen LogP) is 2.87. The van der Waals surface area contributed by atoms with E-state index in [4.69, 9.17) is 52.1 Å². The standard InChI is InChI=1S/C45H75NO19/c1-15-33(51)63-31(21-35(53)58-25(4)17-18-47)41(57-14)38(30(20-36(55-12)56-13)19-24(3)32(23-48)61-28(7)49)42-43(62-29(8)50)39(46(10)11)40(26(5)60-42)65-37-22-45(9,54)44(27(6)59-37)64-34(52)16-2/h18,23-27,30-32,36-44,54H,15-17,19-22H2,1-14H3/t24-,25-,26-,27+,30-,31-,32+,37+,38+,39+,40-,41-,42+,43-,44+,45-/m1/s1. The van der Waals surface area contributed by atoms with Crippen LogP contribution in [0.15, 0.2) is 0 Å². The Morgan fingerprint density at radius 1 is 0.815 bits per heavy atom. The fourth-order valence-corrected chi connectivity index (χ4v) is 8.91. The van der Waals surface area contributed by atoms with Gasteiger partial charge in [0.1, 0.15) is 48.5 Å². The second-order valence-electron chi connectivity index (χ2n) is 17.4. The van der Waals surface area contributed by atoms with Gasteiger partial charge in [0.2, 0.25) is 0 Å². The molecule has 2 aliphatic heterocycles. The van der Waals surface area contributed by atoms with Crippen molar-refractivity contribution >= 4 is 42.4 Å². The Balaban J connectivity index is 2.94. The number of esters is 5. The Bertz CT molecular complexity index is 1540. The zero-order valence-corrected chi connectivity index (χ0v) is 40.6. The van der Waals surface area contributed by atoms with Crippen molar-refractivity contribution in [2.45, 2.75) is 193 Å². The molecule has 20 nitrogen and oxygen atoms in total. The second-order valence-corrected chi connectivity index (χ2v) is 17.4. The number of hydrogen-bond acceptors (Lipinski definition) is 20. The van der Waals surface area contributed by atoms with Gasteiger partial charge in [0.05, 0.1) is 24.7 Å². The molecule has 0 amide bonds. The molecule has 20 heteroatoms. The molecule has 2 heterocycles. The molecule has 0 aromatic carbocycles. The van der Waals surface area contributed by atoms with E-state index in [0.29, 0.717) is 12.6 Å². The number of aliphatic hydroxyl groups is 1. The number of methoxy groups -OCH3 is 3. The van der Waals surface area contributed by atoms with Gasteiger partial charge in [-0.2, -0.15) is 0 Å². The van der Waals surface area contributed by atoms with Crippen molar-refractivity contribution in [3.63, 3.8) is 0 Å². The molecular weight excluding hydrogens is 858 g/mol. The van der Waals surface area contributed by atoms with Gasteiger partial charge in [0.25, 0.3) is 0 Å². The van der Waals surface area contributed by atoms with E-state index in [-0.39, 0.29) is 38.5 Å². The van der Waals surface area contributed by atoms with Crippen molar-refractivity contribution in [3.8, 4) is 0 Å². The summed E-state index contributed by atoms with van der Waals surface area (Å²) >= 11 is 0. The van der Waals surface area contributed by atoms with Gasteiger partial charge >= 0.3 is 29.8 Å². The average molecular weight is 934 g/mol. The minimum atomic E-state index is -1.57. The van der Waals surface area contributed by atoms with Gasteiger partial charge < -0.3 is 66.9 Å². The summed E-state index contributed by atoms with van der Waals surface area (Å²) in [7, 11) is 7.71. The molecule has 2 rings (SSSR count). The van der Waals surface area contributed by atoms with E-state index >= 15 is 0 Å². The number of rotatable bonds is 27. The molecule has 374 valence electrons. The molecule has 0 saturated carbocycles. The van der Waals surface area contributed by atoms with Crippen LogP contribution in [0.25, 0.3) is 0 Å². The van der Waals surface area contributed by atoms with Gasteiger partial charge in [0.15, 0.2) is 31.1 Å². The molecule has 0 aromatic heterocycles. The van der Waals surface area contributed by atoms with Crippen molar-refractivity contribution in [2.75, 3.05) is 35.4 Å². The van der Waals surface area contributed by atoms with Crippen LogP contribution in [0.4, 0.5) is 0 Å². The highest BCUT2D eigenvalue weighted by atomic mass is 16.7. The van der Waals surface area contributed by atoms with Crippen LogP contribution in [-0.2, 0) is 85.7 Å². The first kappa shape index (κ1) is 57.5. The van der Waals surface area contributed by atoms with Crippen LogP contribution in [0.5, 0.6) is 0 Å². The van der Waals surface area contributed by atoms with Crippen molar-refractivity contribution in [1.82, 2.24) is 4.90 Å². The minimum absolute atomic E-state index is 0.0586. The van der Waals surface area contributed by atoms with Gasteiger partial charge in [-0.05, 0) is 54.1 Å². The van der Waals surface area contributed by atoms with Gasteiger partial charge in [-0.1, -0.05) is 20.8 Å². The first-order valence-corrected chi connectivity index (χ1v) is 22.3. The molecule has 0 unspecified atom stereocenters. The highest BCUT2D eigenvalue weighted by Crippen LogP contribution is 2.44. The van der Waals surface area contributed by atoms with Crippen LogP contribution >= 0.6 is 0 Å². The smallest absolute Gasteiger partial charge is 0.309 e. The van der Waals surface area contributed by atoms with Crippen molar-refractivity contribution in [1.29, 1.82) is 0 Å². The number of hydrogen-bond donors (Lipinski definition) is 1. The maximum absolute atomic E-state index is 13.6. The van der Waals surface area contributed by atoms with Crippen LogP contribution in [0.2, 0.25) is 0 Å². The lowest BCUT2D eigenvalue weighted by molar-refractivity contribution is -0.319. The Morgan fingerprint density at radius 3 is 1.94 bits per heavy atom. The maximum Gasteiger partial charge on any atom is 0.309 e. The molecule has 0 aromatic rings. The Kier molecular flexibility index (Phi) is 24.1. The zero-order chi connectivity index (χ0) is 49.3. The summed E-state index contributed by atoms with van der Waals surface area (Å²) < 4.78 is 66.2. The zero-order valence-electron chi connectivity index (χ0n) is 40.6. The van der Waals surface area contributed by atoms with Crippen molar-refractivity contribution in [3.05, 3.63) is 0 Å². The summed E-state index contributed by atoms with van der Waals surface area (Å²) in [6, 6.07) is -0.833. The number of aldehydes is 2. The monoisotopic (exact) mass is 933 g/mol. The lowest BCUT2D eigenvalue weighted by Gasteiger charge is -2.53. The van der Waals surface area contributed by atoms with Crippen LogP contribution in [0, 0.1) is 17.8 Å². The van der Waals surface area contributed by atoms with Crippen LogP contribution < -0.4 is 0 Å². The normalized spacial score (nSPS) is 29.0. The van der Waals surface area contributed by atoms with E-state index in [1.54, 1.807) is 53.6 Å². The summed E-state index contributed by atoms with van der Waals surface area (Å²) in [6.45, 7) is 13.8. The molecular formula is C45H75NO19. The van der Waals surface area contributed by atoms with E-state index in [2.05, 4.69) is 0 Å². The Morgan fingerprint density at radius 2 is 1.45 bits per heavy atom. The van der Waals surface area contributed by atoms with E-state index < -0.39 is 139 Å². The van der Waals surface area contributed by atoms with Gasteiger partial charge in [-0.25, -0.2) is 0 Å². The molecule has 0 bridgehead atoms. The van der Waals surface area contributed by atoms with Crippen molar-refractivity contribution < 1.29 is 90.8 Å². The SMILES string of the molecule is CCC(=O)O[C@H](CC(=O)O[C@H](C)CC=O)[C@@H](OC)[C@H]([C@@H](CC(OC)OC)C[C@@H](C)[C@H](C=O)OC(C)=O)[C@@H]1O[C@H](C)[C@@H](O[C@H]2C[C@@](C)(O)[C@@H](OC(=O)CC)[C@H](C)O2)[C@H](N(C)C)[C@H]1OC(C)=O. The highest BCUT2D eigenvalue weighted by Gasteiger charge is 2.57. The third-order valence-corrected chi connectivity index (χ3v) is 11.9. The molecule has 16 atom stereocenters. The summed E-state index contributed by atoms with van der Waals surface area (Å²) in [4.78, 5) is 89.9. The first-order valence-electron chi connectivity index (χ1n) is 22.3. The van der Waals surface area contributed by atoms with Crippen molar-refractivity contribution in [2.24, 2.45) is 17.8 Å². The van der Waals surface area contributed by atoms with Gasteiger partial charge in [-0.15, -0.1) is 0 Å². The predicted molar refractivity (Wildman–Crippen MR) is 229 cm³/mol. The third-order valence-electron chi connectivity index (χ3n) is 11.9. The fourth-order valence-electron chi connectivity index (χ4n) is 8.91. The number of nitrogens with zero attached hydrogens (tertiary/aromatic N) is 1. The molecule has 1 N–H and O–H groups in total. The minimum Gasteiger partial charge on any atom is -0.462 e. The Hall–Kier alpha value is -3.63. The van der Waals surface area contributed by atoms with Gasteiger partial charge in [0, 0.05) is 79.1 Å². The molecule has 65 heavy (non-hydrogen) atoms. The van der Waals surface area contributed by atoms with E-state index in [1.807, 2.05) is 0 Å². The quantitative estimate of drug-likeness (QED) is 0.0539. The molecule has 2 saturated heterocycles. The highest BCUT2D eigenvalue weighted by molar-refractivity contribution is 5.73. The Labute approximate surface area is 383 Å². The topological polar surface area (TPSA) is 244 Å². The fraction of sp³-hybridized carbons (Fsp3) is 0.844. The number of carbonyl (C=O) groups is 7. The number of ether oxygens (including phenoxy) is 11. The van der Waals surface area contributed by atoms with Crippen LogP contribution in [0.3, 0.4) is 0 Å².